The number of amides is 1. The minimum atomic E-state index is -0.410. The number of rotatable bonds is 5. The van der Waals surface area contributed by atoms with Gasteiger partial charge in [0.25, 0.3) is 5.91 Å². The van der Waals surface area contributed by atoms with Crippen molar-refractivity contribution < 1.29 is 9.53 Å². The molecule has 0 saturated heterocycles. The molecule has 0 saturated carbocycles. The van der Waals surface area contributed by atoms with Crippen molar-refractivity contribution in [2.45, 2.75) is 34.1 Å². The van der Waals surface area contributed by atoms with E-state index in [0.29, 0.717) is 11.1 Å². The molecule has 160 valence electrons. The molecule has 0 aliphatic carbocycles. The Morgan fingerprint density at radius 3 is 2.71 bits per heavy atom. The van der Waals surface area contributed by atoms with Crippen LogP contribution < -0.4 is 4.74 Å². The molecule has 7 nitrogen and oxygen atoms in total. The number of hydrogen-bond acceptors (Lipinski definition) is 5. The van der Waals surface area contributed by atoms with E-state index in [4.69, 9.17) is 10.1 Å². The van der Waals surface area contributed by atoms with Gasteiger partial charge in [0, 0.05) is 17.8 Å². The number of thioether (sulfide) groups is 1. The van der Waals surface area contributed by atoms with Gasteiger partial charge in [-0.25, -0.2) is 0 Å². The molecule has 2 aliphatic rings. The fourth-order valence-corrected chi connectivity index (χ4v) is 4.83. The van der Waals surface area contributed by atoms with Gasteiger partial charge in [-0.3, -0.25) is 10.2 Å². The SMILES string of the molecule is COc1ccccc1-n1c(C)cc(/C=C2\C(=N)N3N=C(CC(C)C)SC3=NC2=O)c1C. The Hall–Kier alpha value is -3.13. The smallest absolute Gasteiger partial charge is 0.283 e. The van der Waals surface area contributed by atoms with Crippen LogP contribution in [0.5, 0.6) is 5.75 Å². The largest absolute Gasteiger partial charge is 0.495 e. The number of methoxy groups -OCH3 is 1. The van der Waals surface area contributed by atoms with Crippen molar-refractivity contribution in [1.82, 2.24) is 9.58 Å². The highest BCUT2D eigenvalue weighted by molar-refractivity contribution is 8.26. The fourth-order valence-electron chi connectivity index (χ4n) is 3.74. The van der Waals surface area contributed by atoms with Gasteiger partial charge in [-0.2, -0.15) is 15.1 Å². The number of carbonyl (C=O) groups excluding carboxylic acids is 1. The van der Waals surface area contributed by atoms with Crippen LogP contribution in [0.25, 0.3) is 11.8 Å². The van der Waals surface area contributed by atoms with Crippen LogP contribution in [0.4, 0.5) is 0 Å². The van der Waals surface area contributed by atoms with Crippen molar-refractivity contribution in [3.05, 3.63) is 52.9 Å². The first-order valence-electron chi connectivity index (χ1n) is 10.1. The van der Waals surface area contributed by atoms with Gasteiger partial charge in [0.05, 0.1) is 18.4 Å². The molecule has 0 unspecified atom stereocenters. The van der Waals surface area contributed by atoms with E-state index in [1.54, 1.807) is 13.2 Å². The first-order chi connectivity index (χ1) is 14.8. The van der Waals surface area contributed by atoms with Crippen molar-refractivity contribution in [2.75, 3.05) is 7.11 Å². The number of aromatic nitrogens is 1. The lowest BCUT2D eigenvalue weighted by molar-refractivity contribution is -0.114. The molecule has 0 bridgehead atoms. The Morgan fingerprint density at radius 2 is 2.00 bits per heavy atom. The van der Waals surface area contributed by atoms with E-state index < -0.39 is 5.91 Å². The average Bonchev–Trinajstić information content (AvgIpc) is 3.24. The monoisotopic (exact) mass is 435 g/mol. The molecule has 1 N–H and O–H groups in total. The van der Waals surface area contributed by atoms with Crippen LogP contribution in [-0.2, 0) is 4.79 Å². The summed E-state index contributed by atoms with van der Waals surface area (Å²) < 4.78 is 7.61. The van der Waals surface area contributed by atoms with Crippen molar-refractivity contribution in [2.24, 2.45) is 16.0 Å². The van der Waals surface area contributed by atoms with Gasteiger partial charge in [0.1, 0.15) is 10.8 Å². The maximum Gasteiger partial charge on any atom is 0.283 e. The predicted molar refractivity (Wildman–Crippen MR) is 126 cm³/mol. The zero-order valence-electron chi connectivity index (χ0n) is 18.3. The molecule has 1 aromatic carbocycles. The zero-order chi connectivity index (χ0) is 22.3. The van der Waals surface area contributed by atoms with Crippen LogP contribution >= 0.6 is 11.8 Å². The second-order valence-corrected chi connectivity index (χ2v) is 8.99. The Bertz CT molecular complexity index is 1170. The molecule has 3 heterocycles. The maximum atomic E-state index is 12.7. The number of hydrogen-bond donors (Lipinski definition) is 1. The van der Waals surface area contributed by atoms with Crippen LogP contribution in [0, 0.1) is 25.2 Å². The normalized spacial score (nSPS) is 17.4. The van der Waals surface area contributed by atoms with E-state index in [-0.39, 0.29) is 11.4 Å². The quantitative estimate of drug-likeness (QED) is 0.686. The molecule has 2 aromatic rings. The molecule has 0 atom stereocenters. The number of ether oxygens (including phenoxy) is 1. The van der Waals surface area contributed by atoms with Gasteiger partial charge in [-0.1, -0.05) is 26.0 Å². The van der Waals surface area contributed by atoms with Crippen molar-refractivity contribution >= 4 is 39.8 Å². The molecule has 1 aromatic heterocycles. The molecule has 0 spiro atoms. The average molecular weight is 436 g/mol. The summed E-state index contributed by atoms with van der Waals surface area (Å²) in [6.45, 7) is 8.22. The molecule has 0 fully saturated rings. The lowest BCUT2D eigenvalue weighted by atomic mass is 10.1. The second-order valence-electron chi connectivity index (χ2n) is 7.95. The molecule has 1 amide bonds. The summed E-state index contributed by atoms with van der Waals surface area (Å²) in [5.41, 5.74) is 3.97. The summed E-state index contributed by atoms with van der Waals surface area (Å²) in [5, 5.41) is 15.9. The molecule has 31 heavy (non-hydrogen) atoms. The second kappa shape index (κ2) is 8.19. The molecule has 4 rings (SSSR count). The molecule has 8 heteroatoms. The number of fused-ring (bicyclic) bond motifs is 1. The number of amidine groups is 2. The van der Waals surface area contributed by atoms with Crippen LogP contribution in [0.1, 0.15) is 37.2 Å². The Kier molecular flexibility index (Phi) is 5.58. The highest BCUT2D eigenvalue weighted by atomic mass is 32.2. The summed E-state index contributed by atoms with van der Waals surface area (Å²) in [5.74, 6) is 0.851. The Balaban J connectivity index is 1.73. The molecular weight excluding hydrogens is 410 g/mol. The van der Waals surface area contributed by atoms with E-state index in [9.17, 15) is 4.79 Å². The standard InChI is InChI=1S/C23H25N5O2S/c1-13(2)10-20-26-28-21(24)17(22(29)25-23(28)31-20)12-16-11-14(3)27(15(16)4)18-8-6-7-9-19(18)30-5/h6-9,11-13,24H,10H2,1-5H3/b17-12+,24-21?. The number of carbonyl (C=O) groups is 1. The summed E-state index contributed by atoms with van der Waals surface area (Å²) in [4.78, 5) is 16.9. The summed E-state index contributed by atoms with van der Waals surface area (Å²) in [6.07, 6.45) is 2.53. The van der Waals surface area contributed by atoms with Gasteiger partial charge in [-0.15, -0.1) is 0 Å². The topological polar surface area (TPSA) is 83.0 Å². The van der Waals surface area contributed by atoms with Crippen molar-refractivity contribution in [3.63, 3.8) is 0 Å². The van der Waals surface area contributed by atoms with E-state index in [2.05, 4.69) is 28.5 Å². The summed E-state index contributed by atoms with van der Waals surface area (Å²) >= 11 is 1.37. The third-order valence-electron chi connectivity index (χ3n) is 5.18. The summed E-state index contributed by atoms with van der Waals surface area (Å²) in [7, 11) is 1.65. The van der Waals surface area contributed by atoms with Crippen LogP contribution in [0.15, 0.2) is 46.0 Å². The lowest BCUT2D eigenvalue weighted by Crippen LogP contribution is -2.35. The first-order valence-corrected chi connectivity index (χ1v) is 10.9. The van der Waals surface area contributed by atoms with E-state index in [0.717, 1.165) is 39.9 Å². The van der Waals surface area contributed by atoms with E-state index in [1.807, 2.05) is 44.2 Å². The van der Waals surface area contributed by atoms with Crippen LogP contribution in [0.3, 0.4) is 0 Å². The lowest BCUT2D eigenvalue weighted by Gasteiger charge is -2.20. The van der Waals surface area contributed by atoms with Crippen molar-refractivity contribution in [3.8, 4) is 11.4 Å². The van der Waals surface area contributed by atoms with Crippen LogP contribution in [0.2, 0.25) is 0 Å². The number of para-hydroxylation sites is 2. The minimum absolute atomic E-state index is 0.0587. The van der Waals surface area contributed by atoms with Gasteiger partial charge in [0.15, 0.2) is 5.84 Å². The highest BCUT2D eigenvalue weighted by Crippen LogP contribution is 2.32. The van der Waals surface area contributed by atoms with Gasteiger partial charge in [0.2, 0.25) is 5.17 Å². The van der Waals surface area contributed by atoms with E-state index in [1.165, 1.54) is 16.8 Å². The Labute approximate surface area is 186 Å². The molecule has 2 aliphatic heterocycles. The van der Waals surface area contributed by atoms with Crippen molar-refractivity contribution in [1.29, 1.82) is 5.41 Å². The fraction of sp³-hybridized carbons (Fsp3) is 0.304. The first kappa shape index (κ1) is 21.1. The van der Waals surface area contributed by atoms with Gasteiger partial charge in [-0.05, 0) is 61.4 Å². The molecular formula is C23H25N5O2S. The number of aliphatic imine (C=N–C) groups is 1. The highest BCUT2D eigenvalue weighted by Gasteiger charge is 2.35. The number of hydrazone groups is 1. The zero-order valence-corrected chi connectivity index (χ0v) is 19.1. The van der Waals surface area contributed by atoms with Gasteiger partial charge >= 0.3 is 0 Å². The van der Waals surface area contributed by atoms with E-state index >= 15 is 0 Å². The maximum absolute atomic E-state index is 12.7. The third-order valence-corrected chi connectivity index (χ3v) is 6.11. The predicted octanol–water partition coefficient (Wildman–Crippen LogP) is 4.77. The number of nitrogens with one attached hydrogen (secondary N) is 1. The number of benzene rings is 1. The molecule has 0 radical (unpaired) electrons. The van der Waals surface area contributed by atoms with Gasteiger partial charge < -0.3 is 9.30 Å². The Morgan fingerprint density at radius 1 is 1.26 bits per heavy atom. The number of nitrogens with zero attached hydrogens (tertiary/aromatic N) is 4. The summed E-state index contributed by atoms with van der Waals surface area (Å²) in [6, 6.07) is 9.80. The number of aryl methyl sites for hydroxylation is 1. The minimum Gasteiger partial charge on any atom is -0.495 e. The third kappa shape index (κ3) is 3.83. The van der Waals surface area contributed by atoms with Crippen LogP contribution in [-0.4, -0.2) is 38.6 Å².